The minimum absolute atomic E-state index is 0.0179. The number of benzene rings is 1. The van der Waals surface area contributed by atoms with Crippen LogP contribution in [0.5, 0.6) is 0 Å². The molecule has 1 amide bonds. The third kappa shape index (κ3) is 5.89. The summed E-state index contributed by atoms with van der Waals surface area (Å²) < 4.78 is 0. The van der Waals surface area contributed by atoms with Crippen molar-refractivity contribution in [3.8, 4) is 0 Å². The lowest BCUT2D eigenvalue weighted by Crippen LogP contribution is -2.27. The van der Waals surface area contributed by atoms with Crippen LogP contribution in [-0.4, -0.2) is 23.2 Å². The number of nitrogens with one attached hydrogen (secondary N) is 2. The highest BCUT2D eigenvalue weighted by Crippen LogP contribution is 2.25. The van der Waals surface area contributed by atoms with Gasteiger partial charge in [-0.1, -0.05) is 39.0 Å². The number of aromatic nitrogens is 1. The zero-order valence-electron chi connectivity index (χ0n) is 14.4. The number of rotatable bonds is 6. The summed E-state index contributed by atoms with van der Waals surface area (Å²) in [5.41, 5.74) is 2.32. The Kier molecular flexibility index (Phi) is 6.26. The van der Waals surface area contributed by atoms with Gasteiger partial charge >= 0.3 is 0 Å². The zero-order valence-corrected chi connectivity index (χ0v) is 15.2. The number of hydrogen-bond donors (Lipinski definition) is 2. The summed E-state index contributed by atoms with van der Waals surface area (Å²) in [6, 6.07) is 11.6. The Balaban J connectivity index is 1.73. The van der Waals surface area contributed by atoms with Crippen LogP contribution < -0.4 is 10.9 Å². The van der Waals surface area contributed by atoms with E-state index in [-0.39, 0.29) is 16.9 Å². The molecule has 0 spiro atoms. The molecule has 24 heavy (non-hydrogen) atoms. The van der Waals surface area contributed by atoms with Crippen LogP contribution in [0.3, 0.4) is 0 Å². The number of aromatic amines is 1. The van der Waals surface area contributed by atoms with Crippen molar-refractivity contribution in [3.05, 3.63) is 64.1 Å². The molecular weight excluding hydrogens is 320 g/mol. The predicted molar refractivity (Wildman–Crippen MR) is 99.6 cm³/mol. The van der Waals surface area contributed by atoms with Crippen molar-refractivity contribution >= 4 is 17.7 Å². The summed E-state index contributed by atoms with van der Waals surface area (Å²) in [7, 11) is 0. The van der Waals surface area contributed by atoms with Gasteiger partial charge in [0.2, 0.25) is 11.5 Å². The maximum Gasteiger partial charge on any atom is 0.247 e. The first-order valence-electron chi connectivity index (χ1n) is 8.02. The van der Waals surface area contributed by atoms with Crippen LogP contribution in [0, 0.1) is 0 Å². The highest BCUT2D eigenvalue weighted by molar-refractivity contribution is 8.00. The van der Waals surface area contributed by atoms with Gasteiger partial charge in [-0.3, -0.25) is 9.59 Å². The van der Waals surface area contributed by atoms with Crippen LogP contribution in [0.4, 0.5) is 0 Å². The number of pyridine rings is 1. The lowest BCUT2D eigenvalue weighted by molar-refractivity contribution is -0.118. The molecule has 1 aromatic carbocycles. The number of hydrogen-bond acceptors (Lipinski definition) is 3. The van der Waals surface area contributed by atoms with Crippen LogP contribution in [0.15, 0.2) is 52.3 Å². The van der Waals surface area contributed by atoms with E-state index >= 15 is 0 Å². The highest BCUT2D eigenvalue weighted by Gasteiger charge is 2.13. The van der Waals surface area contributed by atoms with E-state index in [1.165, 1.54) is 23.4 Å². The fourth-order valence-electron chi connectivity index (χ4n) is 2.20. The van der Waals surface area contributed by atoms with E-state index < -0.39 is 0 Å². The molecule has 0 fully saturated rings. The molecular formula is C19H24N2O2S. The largest absolute Gasteiger partial charge is 0.355 e. The van der Waals surface area contributed by atoms with Gasteiger partial charge in [0.15, 0.2) is 0 Å². The van der Waals surface area contributed by atoms with Crippen molar-refractivity contribution in [1.29, 1.82) is 0 Å². The molecule has 0 radical (unpaired) electrons. The first-order chi connectivity index (χ1) is 11.3. The molecule has 0 aliphatic heterocycles. The molecule has 0 unspecified atom stereocenters. The molecule has 2 rings (SSSR count). The fourth-order valence-corrected chi connectivity index (χ4v) is 2.92. The first-order valence-corrected chi connectivity index (χ1v) is 9.01. The van der Waals surface area contributed by atoms with Gasteiger partial charge in [-0.05, 0) is 35.1 Å². The lowest BCUT2D eigenvalue weighted by Gasteiger charge is -2.19. The van der Waals surface area contributed by atoms with Gasteiger partial charge in [0.05, 0.1) is 5.75 Å². The van der Waals surface area contributed by atoms with Crippen molar-refractivity contribution in [1.82, 2.24) is 10.3 Å². The van der Waals surface area contributed by atoms with E-state index in [4.69, 9.17) is 0 Å². The molecule has 2 N–H and O–H groups in total. The van der Waals surface area contributed by atoms with E-state index in [2.05, 4.69) is 55.3 Å². The molecule has 128 valence electrons. The van der Waals surface area contributed by atoms with Crippen molar-refractivity contribution < 1.29 is 4.79 Å². The van der Waals surface area contributed by atoms with Crippen molar-refractivity contribution in [2.75, 3.05) is 12.3 Å². The predicted octanol–water partition coefficient (Wildman–Crippen LogP) is 3.12. The topological polar surface area (TPSA) is 62.0 Å². The van der Waals surface area contributed by atoms with Gasteiger partial charge < -0.3 is 10.3 Å². The van der Waals surface area contributed by atoms with E-state index in [1.807, 2.05) is 0 Å². The monoisotopic (exact) mass is 344 g/mol. The van der Waals surface area contributed by atoms with Gasteiger partial charge in [0.25, 0.3) is 0 Å². The molecule has 0 bridgehead atoms. The SMILES string of the molecule is CC(C)(C)c1ccc(SCC(=O)NCCc2ccc(=O)[nH]c2)cc1. The fraction of sp³-hybridized carbons (Fsp3) is 0.368. The van der Waals surface area contributed by atoms with Crippen LogP contribution in [0.2, 0.25) is 0 Å². The quantitative estimate of drug-likeness (QED) is 0.792. The third-order valence-corrected chi connectivity index (χ3v) is 4.69. The van der Waals surface area contributed by atoms with Gasteiger partial charge in [-0.15, -0.1) is 11.8 Å². The maximum atomic E-state index is 11.9. The number of H-pyrrole nitrogens is 1. The van der Waals surface area contributed by atoms with E-state index in [1.54, 1.807) is 12.3 Å². The Hall–Kier alpha value is -2.01. The minimum Gasteiger partial charge on any atom is -0.355 e. The Morgan fingerprint density at radius 1 is 1.12 bits per heavy atom. The third-order valence-electron chi connectivity index (χ3n) is 3.67. The van der Waals surface area contributed by atoms with E-state index in [0.717, 1.165) is 10.5 Å². The van der Waals surface area contributed by atoms with Crippen molar-refractivity contribution in [3.63, 3.8) is 0 Å². The Morgan fingerprint density at radius 2 is 1.83 bits per heavy atom. The second kappa shape index (κ2) is 8.20. The maximum absolute atomic E-state index is 11.9. The zero-order chi connectivity index (χ0) is 17.6. The van der Waals surface area contributed by atoms with Gasteiger partial charge in [0, 0.05) is 23.7 Å². The summed E-state index contributed by atoms with van der Waals surface area (Å²) in [5, 5.41) is 2.90. The standard InChI is InChI=1S/C19H24N2O2S/c1-19(2,3)15-5-7-16(8-6-15)24-13-18(23)20-11-10-14-4-9-17(22)21-12-14/h4-9,12H,10-11,13H2,1-3H3,(H,20,23)(H,21,22). The van der Waals surface area contributed by atoms with E-state index in [0.29, 0.717) is 18.7 Å². The van der Waals surface area contributed by atoms with Crippen LogP contribution >= 0.6 is 11.8 Å². The minimum atomic E-state index is -0.114. The molecule has 1 aromatic heterocycles. The Bertz CT molecular complexity index is 710. The van der Waals surface area contributed by atoms with E-state index in [9.17, 15) is 9.59 Å². The average Bonchev–Trinajstić information content (AvgIpc) is 2.54. The van der Waals surface area contributed by atoms with Crippen LogP contribution in [-0.2, 0) is 16.6 Å². The van der Waals surface area contributed by atoms with Crippen LogP contribution in [0.1, 0.15) is 31.9 Å². The number of thioether (sulfide) groups is 1. The highest BCUT2D eigenvalue weighted by atomic mass is 32.2. The normalized spacial score (nSPS) is 11.3. The summed E-state index contributed by atoms with van der Waals surface area (Å²) >= 11 is 1.54. The molecule has 0 aliphatic carbocycles. The second-order valence-electron chi connectivity index (χ2n) is 6.72. The van der Waals surface area contributed by atoms with Gasteiger partial charge in [0.1, 0.15) is 0 Å². The van der Waals surface area contributed by atoms with Gasteiger partial charge in [-0.2, -0.15) is 0 Å². The number of carbonyl (C=O) groups excluding carboxylic acids is 1. The summed E-state index contributed by atoms with van der Waals surface area (Å²) in [6.07, 6.45) is 2.38. The smallest absolute Gasteiger partial charge is 0.247 e. The average molecular weight is 344 g/mol. The molecule has 2 aromatic rings. The molecule has 0 saturated heterocycles. The molecule has 0 saturated carbocycles. The lowest BCUT2D eigenvalue weighted by atomic mass is 9.87. The molecule has 5 heteroatoms. The van der Waals surface area contributed by atoms with Gasteiger partial charge in [-0.25, -0.2) is 0 Å². The van der Waals surface area contributed by atoms with Crippen LogP contribution in [0.25, 0.3) is 0 Å². The van der Waals surface area contributed by atoms with Crippen molar-refractivity contribution in [2.24, 2.45) is 0 Å². The molecule has 0 aliphatic rings. The van der Waals surface area contributed by atoms with Crippen molar-refractivity contribution in [2.45, 2.75) is 37.5 Å². The summed E-state index contributed by atoms with van der Waals surface area (Å²) in [5.74, 6) is 0.421. The second-order valence-corrected chi connectivity index (χ2v) is 7.77. The Morgan fingerprint density at radius 3 is 2.42 bits per heavy atom. The number of amides is 1. The summed E-state index contributed by atoms with van der Waals surface area (Å²) in [6.45, 7) is 7.12. The molecule has 4 nitrogen and oxygen atoms in total. The summed E-state index contributed by atoms with van der Waals surface area (Å²) in [4.78, 5) is 26.6. The number of carbonyl (C=O) groups is 1. The first kappa shape index (κ1) is 18.3. The Labute approximate surface area is 147 Å². The molecule has 1 heterocycles. The molecule has 0 atom stereocenters.